The van der Waals surface area contributed by atoms with Gasteiger partial charge in [-0.1, -0.05) is 13.8 Å². The minimum Gasteiger partial charge on any atom is -0.448 e. The van der Waals surface area contributed by atoms with Crippen LogP contribution in [0.2, 0.25) is 0 Å². The molecule has 0 N–H and O–H groups in total. The van der Waals surface area contributed by atoms with Crippen molar-refractivity contribution >= 4 is 12.1 Å². The standard InChI is InChI=1S/C13H25N3O3/c1-5-15(4)12(16-6-8-18-9-7-16)14-13(17)19-10-11(2)3/h11H,5-10H2,1-4H3/b14-12-. The number of carbonyl (C=O) groups is 1. The first-order valence-corrected chi connectivity index (χ1v) is 6.83. The summed E-state index contributed by atoms with van der Waals surface area (Å²) in [6, 6.07) is 0. The summed E-state index contributed by atoms with van der Waals surface area (Å²) in [5.41, 5.74) is 0. The van der Waals surface area contributed by atoms with Crippen molar-refractivity contribution in [3.05, 3.63) is 0 Å². The zero-order valence-corrected chi connectivity index (χ0v) is 12.4. The average molecular weight is 271 g/mol. The lowest BCUT2D eigenvalue weighted by Crippen LogP contribution is -2.48. The third kappa shape index (κ3) is 5.46. The first-order valence-electron chi connectivity index (χ1n) is 6.83. The Morgan fingerprint density at radius 2 is 2.05 bits per heavy atom. The van der Waals surface area contributed by atoms with E-state index >= 15 is 0 Å². The van der Waals surface area contributed by atoms with Crippen LogP contribution in [0.3, 0.4) is 0 Å². The third-order valence-corrected chi connectivity index (χ3v) is 2.84. The van der Waals surface area contributed by atoms with Crippen LogP contribution < -0.4 is 0 Å². The number of ether oxygens (including phenoxy) is 2. The first kappa shape index (κ1) is 15.8. The number of rotatable bonds is 3. The number of guanidine groups is 1. The second-order valence-electron chi connectivity index (χ2n) is 5.00. The largest absolute Gasteiger partial charge is 0.448 e. The molecule has 0 aliphatic carbocycles. The van der Waals surface area contributed by atoms with Crippen LogP contribution in [0.1, 0.15) is 20.8 Å². The minimum atomic E-state index is -0.518. The summed E-state index contributed by atoms with van der Waals surface area (Å²) in [5, 5.41) is 0. The zero-order chi connectivity index (χ0) is 14.3. The Balaban J connectivity index is 2.68. The van der Waals surface area contributed by atoms with Gasteiger partial charge in [-0.2, -0.15) is 0 Å². The molecule has 6 heteroatoms. The van der Waals surface area contributed by atoms with Crippen molar-refractivity contribution in [3.63, 3.8) is 0 Å². The predicted octanol–water partition coefficient (Wildman–Crippen LogP) is 1.42. The fourth-order valence-electron chi connectivity index (χ4n) is 1.65. The maximum absolute atomic E-state index is 11.7. The molecule has 1 heterocycles. The molecule has 1 amide bonds. The van der Waals surface area contributed by atoms with E-state index in [4.69, 9.17) is 9.47 Å². The summed E-state index contributed by atoms with van der Waals surface area (Å²) in [6.07, 6.45) is -0.518. The van der Waals surface area contributed by atoms with Crippen molar-refractivity contribution in [2.75, 3.05) is 46.5 Å². The van der Waals surface area contributed by atoms with E-state index in [-0.39, 0.29) is 0 Å². The number of carbonyl (C=O) groups excluding carboxylic acids is 1. The highest BCUT2D eigenvalue weighted by molar-refractivity contribution is 5.90. The highest BCUT2D eigenvalue weighted by Gasteiger charge is 2.19. The van der Waals surface area contributed by atoms with Gasteiger partial charge in [0.1, 0.15) is 0 Å². The molecule has 1 rings (SSSR count). The smallest absolute Gasteiger partial charge is 0.436 e. The molecule has 0 radical (unpaired) electrons. The van der Waals surface area contributed by atoms with Crippen LogP contribution in [-0.2, 0) is 9.47 Å². The molecule has 0 aromatic heterocycles. The summed E-state index contributed by atoms with van der Waals surface area (Å²) < 4.78 is 10.4. The van der Waals surface area contributed by atoms with Gasteiger partial charge in [0, 0.05) is 26.7 Å². The summed E-state index contributed by atoms with van der Waals surface area (Å²) in [6.45, 7) is 10.0. The molecule has 0 aromatic rings. The molecule has 0 spiro atoms. The van der Waals surface area contributed by atoms with Gasteiger partial charge in [-0.15, -0.1) is 4.99 Å². The molecule has 19 heavy (non-hydrogen) atoms. The molecule has 1 fully saturated rings. The van der Waals surface area contributed by atoms with Gasteiger partial charge in [-0.05, 0) is 12.8 Å². The van der Waals surface area contributed by atoms with E-state index in [0.29, 0.717) is 31.7 Å². The quantitative estimate of drug-likeness (QED) is 0.574. The molecular formula is C13H25N3O3. The van der Waals surface area contributed by atoms with E-state index in [1.54, 1.807) is 0 Å². The van der Waals surface area contributed by atoms with Gasteiger partial charge in [0.25, 0.3) is 0 Å². The molecule has 0 saturated carbocycles. The molecule has 0 aromatic carbocycles. The number of morpholine rings is 1. The predicted molar refractivity (Wildman–Crippen MR) is 74.3 cm³/mol. The summed E-state index contributed by atoms with van der Waals surface area (Å²) >= 11 is 0. The van der Waals surface area contributed by atoms with E-state index in [1.807, 2.05) is 32.7 Å². The number of hydrogen-bond donors (Lipinski definition) is 0. The second-order valence-corrected chi connectivity index (χ2v) is 5.00. The summed E-state index contributed by atoms with van der Waals surface area (Å²) in [4.78, 5) is 19.8. The van der Waals surface area contributed by atoms with Crippen molar-refractivity contribution in [2.24, 2.45) is 10.9 Å². The normalized spacial score (nSPS) is 16.7. The van der Waals surface area contributed by atoms with Gasteiger partial charge >= 0.3 is 6.09 Å². The highest BCUT2D eigenvalue weighted by atomic mass is 16.5. The molecule has 1 aliphatic rings. The van der Waals surface area contributed by atoms with E-state index < -0.39 is 6.09 Å². The molecule has 0 bridgehead atoms. The van der Waals surface area contributed by atoms with E-state index in [0.717, 1.165) is 19.6 Å². The topological polar surface area (TPSA) is 54.4 Å². The van der Waals surface area contributed by atoms with Crippen molar-refractivity contribution in [1.82, 2.24) is 9.80 Å². The average Bonchev–Trinajstić information content (AvgIpc) is 2.42. The molecule has 1 aliphatic heterocycles. The van der Waals surface area contributed by atoms with Crippen molar-refractivity contribution in [3.8, 4) is 0 Å². The Labute approximate surface area is 115 Å². The van der Waals surface area contributed by atoms with Crippen LogP contribution in [0.4, 0.5) is 4.79 Å². The minimum absolute atomic E-state index is 0.315. The fourth-order valence-corrected chi connectivity index (χ4v) is 1.65. The number of nitrogens with zero attached hydrogens (tertiary/aromatic N) is 3. The highest BCUT2D eigenvalue weighted by Crippen LogP contribution is 2.04. The Morgan fingerprint density at radius 3 is 2.58 bits per heavy atom. The van der Waals surface area contributed by atoms with Gasteiger partial charge in [0.15, 0.2) is 0 Å². The monoisotopic (exact) mass is 271 g/mol. The first-order chi connectivity index (χ1) is 9.04. The third-order valence-electron chi connectivity index (χ3n) is 2.84. The van der Waals surface area contributed by atoms with Gasteiger partial charge in [0.2, 0.25) is 5.96 Å². The lowest BCUT2D eigenvalue weighted by atomic mass is 10.2. The van der Waals surface area contributed by atoms with Gasteiger partial charge < -0.3 is 19.3 Å². The molecule has 0 atom stereocenters. The van der Waals surface area contributed by atoms with Crippen LogP contribution >= 0.6 is 0 Å². The van der Waals surface area contributed by atoms with Crippen LogP contribution in [-0.4, -0.2) is 68.4 Å². The van der Waals surface area contributed by atoms with Gasteiger partial charge in [-0.3, -0.25) is 0 Å². The SMILES string of the molecule is CCN(C)/C(=N/C(=O)OCC(C)C)N1CCOCC1. The Kier molecular flexibility index (Phi) is 6.62. The Bertz CT molecular complexity index is 312. The Morgan fingerprint density at radius 1 is 1.42 bits per heavy atom. The molecule has 110 valence electrons. The summed E-state index contributed by atoms with van der Waals surface area (Å²) in [5.74, 6) is 0.981. The lowest BCUT2D eigenvalue weighted by Gasteiger charge is -2.33. The second kappa shape index (κ2) is 7.99. The summed E-state index contributed by atoms with van der Waals surface area (Å²) in [7, 11) is 1.92. The van der Waals surface area contributed by atoms with Gasteiger partial charge in [0.05, 0.1) is 19.8 Å². The van der Waals surface area contributed by atoms with Crippen molar-refractivity contribution in [2.45, 2.75) is 20.8 Å². The lowest BCUT2D eigenvalue weighted by molar-refractivity contribution is 0.0628. The molecule has 0 unspecified atom stereocenters. The van der Waals surface area contributed by atoms with E-state index in [1.165, 1.54) is 0 Å². The van der Waals surface area contributed by atoms with E-state index in [9.17, 15) is 4.79 Å². The van der Waals surface area contributed by atoms with E-state index in [2.05, 4.69) is 9.89 Å². The maximum atomic E-state index is 11.7. The molecular weight excluding hydrogens is 246 g/mol. The number of amides is 1. The fraction of sp³-hybridized carbons (Fsp3) is 0.846. The van der Waals surface area contributed by atoms with Crippen LogP contribution in [0.5, 0.6) is 0 Å². The van der Waals surface area contributed by atoms with Crippen LogP contribution in [0.15, 0.2) is 4.99 Å². The van der Waals surface area contributed by atoms with Crippen LogP contribution in [0, 0.1) is 5.92 Å². The molecule has 6 nitrogen and oxygen atoms in total. The Hall–Kier alpha value is -1.30. The van der Waals surface area contributed by atoms with Crippen molar-refractivity contribution < 1.29 is 14.3 Å². The van der Waals surface area contributed by atoms with Gasteiger partial charge in [-0.25, -0.2) is 4.79 Å². The zero-order valence-electron chi connectivity index (χ0n) is 12.4. The maximum Gasteiger partial charge on any atom is 0.436 e. The molecule has 1 saturated heterocycles. The van der Waals surface area contributed by atoms with Crippen LogP contribution in [0.25, 0.3) is 0 Å². The number of aliphatic imine (C=N–C) groups is 1. The van der Waals surface area contributed by atoms with Crippen molar-refractivity contribution in [1.29, 1.82) is 0 Å². The number of hydrogen-bond acceptors (Lipinski definition) is 3.